The summed E-state index contributed by atoms with van der Waals surface area (Å²) in [4.78, 5) is 17.8. The van der Waals surface area contributed by atoms with Gasteiger partial charge in [0.2, 0.25) is 0 Å². The minimum absolute atomic E-state index is 0.0879. The van der Waals surface area contributed by atoms with E-state index in [9.17, 15) is 9.18 Å². The van der Waals surface area contributed by atoms with Crippen molar-refractivity contribution in [3.8, 4) is 0 Å². The number of amides is 1. The lowest BCUT2D eigenvalue weighted by molar-refractivity contribution is -0.0433. The van der Waals surface area contributed by atoms with Gasteiger partial charge in [-0.2, -0.15) is 0 Å². The number of hydrogen-bond acceptors (Lipinski definition) is 2. The van der Waals surface area contributed by atoms with Gasteiger partial charge in [0, 0.05) is 30.8 Å². The molecule has 2 heterocycles. The largest absolute Gasteiger partial charge is 0.312 e. The highest BCUT2D eigenvalue weighted by Gasteiger charge is 2.55. The molecule has 0 spiro atoms. The van der Waals surface area contributed by atoms with Crippen LogP contribution in [0, 0.1) is 12.7 Å². The third-order valence-corrected chi connectivity index (χ3v) is 6.18. The van der Waals surface area contributed by atoms with Crippen molar-refractivity contribution in [1.82, 2.24) is 9.80 Å². The van der Waals surface area contributed by atoms with Crippen LogP contribution in [0.3, 0.4) is 0 Å². The molecule has 1 amide bonds. The summed E-state index contributed by atoms with van der Waals surface area (Å²) in [6.07, 6.45) is 0.911. The minimum atomic E-state index is -0.631. The first-order chi connectivity index (χ1) is 14.1. The molecule has 4 heteroatoms. The second-order valence-corrected chi connectivity index (χ2v) is 7.94. The average Bonchev–Trinajstić information content (AvgIpc) is 3.01. The van der Waals surface area contributed by atoms with E-state index in [2.05, 4.69) is 42.2 Å². The summed E-state index contributed by atoms with van der Waals surface area (Å²) in [5.41, 5.74) is 4.51. The molecule has 2 aliphatic heterocycles. The van der Waals surface area contributed by atoms with Gasteiger partial charge in [0.05, 0.1) is 0 Å². The lowest BCUT2D eigenvalue weighted by Crippen LogP contribution is -2.60. The molecule has 1 saturated heterocycles. The zero-order valence-electron chi connectivity index (χ0n) is 16.4. The van der Waals surface area contributed by atoms with Crippen molar-refractivity contribution in [1.29, 1.82) is 0 Å². The number of hydrogen-bond donors (Lipinski definition) is 0. The Bertz CT molecular complexity index is 1060. The van der Waals surface area contributed by atoms with Crippen LogP contribution in [-0.4, -0.2) is 28.8 Å². The monoisotopic (exact) mass is 386 g/mol. The molecular weight excluding hydrogens is 363 g/mol. The Morgan fingerprint density at radius 3 is 2.41 bits per heavy atom. The summed E-state index contributed by atoms with van der Waals surface area (Å²) in [6.45, 7) is 4.31. The van der Waals surface area contributed by atoms with Crippen molar-refractivity contribution >= 4 is 5.91 Å². The first-order valence-corrected chi connectivity index (χ1v) is 10.1. The van der Waals surface area contributed by atoms with Crippen molar-refractivity contribution < 1.29 is 9.18 Å². The quantitative estimate of drug-likeness (QED) is 0.652. The van der Waals surface area contributed by atoms with E-state index in [0.717, 1.165) is 41.8 Å². The second kappa shape index (κ2) is 6.82. The normalized spacial score (nSPS) is 21.2. The van der Waals surface area contributed by atoms with Crippen LogP contribution in [-0.2, 0) is 12.2 Å². The van der Waals surface area contributed by atoms with E-state index in [1.165, 1.54) is 17.7 Å². The maximum absolute atomic E-state index is 13.4. The predicted molar refractivity (Wildman–Crippen MR) is 111 cm³/mol. The summed E-state index contributed by atoms with van der Waals surface area (Å²) < 4.78 is 13.4. The average molecular weight is 386 g/mol. The molecule has 1 atom stereocenters. The topological polar surface area (TPSA) is 23.6 Å². The molecule has 2 aliphatic rings. The maximum Gasteiger partial charge on any atom is 0.256 e. The Kier molecular flexibility index (Phi) is 4.25. The van der Waals surface area contributed by atoms with Crippen LogP contribution in [0.25, 0.3) is 0 Å². The van der Waals surface area contributed by atoms with E-state index in [1.807, 2.05) is 35.2 Å². The molecule has 5 rings (SSSR count). The maximum atomic E-state index is 13.4. The third-order valence-electron chi connectivity index (χ3n) is 6.18. The molecule has 0 saturated carbocycles. The fourth-order valence-corrected chi connectivity index (χ4v) is 4.88. The van der Waals surface area contributed by atoms with Gasteiger partial charge < -0.3 is 4.90 Å². The lowest BCUT2D eigenvalue weighted by atomic mass is 9.86. The van der Waals surface area contributed by atoms with E-state index < -0.39 is 5.66 Å². The van der Waals surface area contributed by atoms with Crippen molar-refractivity contribution in [3.63, 3.8) is 0 Å². The van der Waals surface area contributed by atoms with Gasteiger partial charge >= 0.3 is 0 Å². The Balaban J connectivity index is 1.71. The van der Waals surface area contributed by atoms with E-state index in [0.29, 0.717) is 6.54 Å². The van der Waals surface area contributed by atoms with Crippen LogP contribution in [0.5, 0.6) is 0 Å². The summed E-state index contributed by atoms with van der Waals surface area (Å²) >= 11 is 0. The molecule has 146 valence electrons. The lowest BCUT2D eigenvalue weighted by Gasteiger charge is -2.51. The number of carbonyl (C=O) groups excluding carboxylic acids is 1. The highest BCUT2D eigenvalue weighted by atomic mass is 19.1. The summed E-state index contributed by atoms with van der Waals surface area (Å²) in [5.74, 6) is -0.145. The highest BCUT2D eigenvalue weighted by molar-refractivity contribution is 6.00. The number of rotatable bonds is 3. The van der Waals surface area contributed by atoms with Crippen LogP contribution in [0.15, 0.2) is 72.8 Å². The molecule has 3 aromatic carbocycles. The van der Waals surface area contributed by atoms with E-state index >= 15 is 0 Å². The van der Waals surface area contributed by atoms with E-state index in [4.69, 9.17) is 0 Å². The van der Waals surface area contributed by atoms with Crippen molar-refractivity contribution in [3.05, 3.63) is 106 Å². The molecule has 0 aliphatic carbocycles. The van der Waals surface area contributed by atoms with Gasteiger partial charge in [0.25, 0.3) is 5.91 Å². The van der Waals surface area contributed by atoms with Gasteiger partial charge in [-0.25, -0.2) is 4.39 Å². The number of nitrogens with zero attached hydrogens (tertiary/aromatic N) is 2. The molecule has 1 fully saturated rings. The smallest absolute Gasteiger partial charge is 0.256 e. The fraction of sp³-hybridized carbons (Fsp3) is 0.240. The molecule has 1 unspecified atom stereocenters. The Morgan fingerprint density at radius 2 is 1.66 bits per heavy atom. The zero-order valence-corrected chi connectivity index (χ0v) is 16.4. The van der Waals surface area contributed by atoms with Crippen LogP contribution in [0.4, 0.5) is 4.39 Å². The number of carbonyl (C=O) groups is 1. The first-order valence-electron chi connectivity index (χ1n) is 10.1. The minimum Gasteiger partial charge on any atom is -0.312 e. The summed E-state index contributed by atoms with van der Waals surface area (Å²) in [5, 5.41) is 0. The highest BCUT2D eigenvalue weighted by Crippen LogP contribution is 2.49. The molecule has 0 radical (unpaired) electrons. The summed E-state index contributed by atoms with van der Waals surface area (Å²) in [7, 11) is 0. The van der Waals surface area contributed by atoms with Crippen molar-refractivity contribution in [2.75, 3.05) is 13.1 Å². The van der Waals surface area contributed by atoms with Gasteiger partial charge in [0.1, 0.15) is 11.5 Å². The van der Waals surface area contributed by atoms with E-state index in [-0.39, 0.29) is 11.7 Å². The molecule has 3 nitrogen and oxygen atoms in total. The molecule has 0 aromatic heterocycles. The second-order valence-electron chi connectivity index (χ2n) is 7.94. The third kappa shape index (κ3) is 2.70. The van der Waals surface area contributed by atoms with Crippen molar-refractivity contribution in [2.45, 2.75) is 25.6 Å². The number of halogens is 1. The number of fused-ring (bicyclic) bond motifs is 3. The molecular formula is C25H23FN2O. The predicted octanol–water partition coefficient (Wildman–Crippen LogP) is 4.70. The van der Waals surface area contributed by atoms with Gasteiger partial charge in [-0.1, -0.05) is 60.2 Å². The van der Waals surface area contributed by atoms with E-state index in [1.54, 1.807) is 0 Å². The Hall–Kier alpha value is -2.98. The van der Waals surface area contributed by atoms with Gasteiger partial charge in [-0.15, -0.1) is 0 Å². The van der Waals surface area contributed by atoms with Crippen LogP contribution >= 0.6 is 0 Å². The van der Waals surface area contributed by atoms with Crippen molar-refractivity contribution in [2.24, 2.45) is 0 Å². The Labute approximate surface area is 170 Å². The van der Waals surface area contributed by atoms with Crippen LogP contribution < -0.4 is 0 Å². The fourth-order valence-electron chi connectivity index (χ4n) is 4.88. The van der Waals surface area contributed by atoms with Gasteiger partial charge in [0.15, 0.2) is 0 Å². The SMILES string of the molecule is Cc1ccc(C23c4ccccc4C(=O)N2CCCN3Cc2ccc(F)cc2)cc1. The van der Waals surface area contributed by atoms with Crippen LogP contribution in [0.2, 0.25) is 0 Å². The number of benzene rings is 3. The molecule has 29 heavy (non-hydrogen) atoms. The number of aryl methyl sites for hydroxylation is 1. The first kappa shape index (κ1) is 18.1. The molecule has 0 bridgehead atoms. The Morgan fingerprint density at radius 1 is 0.931 bits per heavy atom. The molecule has 3 aromatic rings. The zero-order chi connectivity index (χ0) is 20.0. The van der Waals surface area contributed by atoms with Gasteiger partial charge in [-0.3, -0.25) is 9.69 Å². The standard InChI is InChI=1S/C25H23FN2O/c1-18-7-11-20(12-8-18)25-23-6-3-2-5-22(23)24(29)28(25)16-4-15-27(25)17-19-9-13-21(26)14-10-19/h2-3,5-14H,4,15-17H2,1H3. The summed E-state index contributed by atoms with van der Waals surface area (Å²) in [6, 6.07) is 23.1. The van der Waals surface area contributed by atoms with Crippen LogP contribution in [0.1, 0.15) is 39.0 Å². The van der Waals surface area contributed by atoms with Gasteiger partial charge in [-0.05, 0) is 42.7 Å². The molecule has 0 N–H and O–H groups in total.